The highest BCUT2D eigenvalue weighted by atomic mass is 32.2. The summed E-state index contributed by atoms with van der Waals surface area (Å²) >= 11 is 0. The molecule has 25 heavy (non-hydrogen) atoms. The molecule has 2 aromatic rings. The van der Waals surface area contributed by atoms with Gasteiger partial charge in [-0.25, -0.2) is 8.42 Å². The summed E-state index contributed by atoms with van der Waals surface area (Å²) in [6.45, 7) is 3.64. The predicted octanol–water partition coefficient (Wildman–Crippen LogP) is 2.95. The normalized spacial score (nSPS) is 21.4. The average Bonchev–Trinajstić information content (AvgIpc) is 3.02. The first-order valence-electron chi connectivity index (χ1n) is 8.50. The van der Waals surface area contributed by atoms with Crippen molar-refractivity contribution in [1.29, 1.82) is 0 Å². The van der Waals surface area contributed by atoms with Gasteiger partial charge in [0, 0.05) is 31.5 Å². The van der Waals surface area contributed by atoms with Gasteiger partial charge in [0.15, 0.2) is 9.84 Å². The lowest BCUT2D eigenvalue weighted by molar-refractivity contribution is 0.269. The van der Waals surface area contributed by atoms with Crippen molar-refractivity contribution in [1.82, 2.24) is 9.88 Å². The zero-order valence-corrected chi connectivity index (χ0v) is 15.4. The van der Waals surface area contributed by atoms with Gasteiger partial charge in [-0.05, 0) is 42.2 Å². The molecule has 1 aromatic heterocycles. The summed E-state index contributed by atoms with van der Waals surface area (Å²) in [6, 6.07) is 10.9. The van der Waals surface area contributed by atoms with Crippen LogP contribution in [0, 0.1) is 5.92 Å². The Balaban J connectivity index is 1.72. The number of methoxy groups -OCH3 is 1. The molecule has 1 aromatic carbocycles. The maximum absolute atomic E-state index is 12.7. The molecule has 1 saturated heterocycles. The quantitative estimate of drug-likeness (QED) is 0.793. The summed E-state index contributed by atoms with van der Waals surface area (Å²) in [4.78, 5) is 6.79. The number of ether oxygens (including phenoxy) is 1. The third-order valence-corrected chi connectivity index (χ3v) is 6.42. The van der Waals surface area contributed by atoms with E-state index in [0.29, 0.717) is 23.1 Å². The number of hydrogen-bond donors (Lipinski definition) is 0. The molecule has 134 valence electrons. The van der Waals surface area contributed by atoms with Crippen molar-refractivity contribution in [2.45, 2.75) is 24.3 Å². The summed E-state index contributed by atoms with van der Waals surface area (Å²) in [5, 5.41) is 0. The molecule has 1 aliphatic rings. The first kappa shape index (κ1) is 17.9. The van der Waals surface area contributed by atoms with E-state index in [0.717, 1.165) is 18.5 Å². The molecule has 0 amide bonds. The molecule has 0 saturated carbocycles. The minimum Gasteiger partial charge on any atom is -0.497 e. The maximum Gasteiger partial charge on any atom is 0.179 e. The minimum atomic E-state index is -3.34. The lowest BCUT2D eigenvalue weighted by Crippen LogP contribution is -2.29. The summed E-state index contributed by atoms with van der Waals surface area (Å²) in [5.74, 6) is 1.21. The van der Waals surface area contributed by atoms with E-state index in [1.807, 2.05) is 12.3 Å². The van der Waals surface area contributed by atoms with Gasteiger partial charge in [-0.15, -0.1) is 0 Å². The SMILES string of the molecule is COc1cccc(S(=O)(=O)CCN2C[C@H](C)C[C@@H]2c2cccnc2)c1. The predicted molar refractivity (Wildman–Crippen MR) is 97.4 cm³/mol. The zero-order chi connectivity index (χ0) is 17.9. The molecule has 0 N–H and O–H groups in total. The van der Waals surface area contributed by atoms with Gasteiger partial charge in [-0.3, -0.25) is 9.88 Å². The van der Waals surface area contributed by atoms with Crippen LogP contribution in [0.15, 0.2) is 53.7 Å². The molecule has 1 aliphatic heterocycles. The number of sulfone groups is 1. The molecule has 0 bridgehead atoms. The van der Waals surface area contributed by atoms with Gasteiger partial charge in [0.05, 0.1) is 17.8 Å². The largest absolute Gasteiger partial charge is 0.497 e. The smallest absolute Gasteiger partial charge is 0.179 e. The van der Waals surface area contributed by atoms with Crippen LogP contribution in [-0.2, 0) is 9.84 Å². The van der Waals surface area contributed by atoms with Gasteiger partial charge < -0.3 is 4.74 Å². The summed E-state index contributed by atoms with van der Waals surface area (Å²) < 4.78 is 30.5. The molecule has 0 radical (unpaired) electrons. The van der Waals surface area contributed by atoms with Crippen LogP contribution in [0.25, 0.3) is 0 Å². The first-order chi connectivity index (χ1) is 12.0. The molecular weight excluding hydrogens is 336 g/mol. The number of nitrogens with zero attached hydrogens (tertiary/aromatic N) is 2. The number of aromatic nitrogens is 1. The number of hydrogen-bond acceptors (Lipinski definition) is 5. The molecular formula is C19H24N2O3S. The van der Waals surface area contributed by atoms with Crippen molar-refractivity contribution in [3.05, 3.63) is 54.4 Å². The summed E-state index contributed by atoms with van der Waals surface area (Å²) in [7, 11) is -1.80. The van der Waals surface area contributed by atoms with Gasteiger partial charge in [0.2, 0.25) is 0 Å². The monoisotopic (exact) mass is 360 g/mol. The van der Waals surface area contributed by atoms with E-state index >= 15 is 0 Å². The highest BCUT2D eigenvalue weighted by molar-refractivity contribution is 7.91. The molecule has 0 unspecified atom stereocenters. The van der Waals surface area contributed by atoms with Crippen molar-refractivity contribution in [2.24, 2.45) is 5.92 Å². The second-order valence-corrected chi connectivity index (χ2v) is 8.74. The van der Waals surface area contributed by atoms with E-state index in [1.165, 1.54) is 7.11 Å². The Morgan fingerprint density at radius 3 is 2.84 bits per heavy atom. The van der Waals surface area contributed by atoms with Crippen molar-refractivity contribution in [3.63, 3.8) is 0 Å². The van der Waals surface area contributed by atoms with Crippen LogP contribution in [0.3, 0.4) is 0 Å². The number of likely N-dealkylation sites (tertiary alicyclic amines) is 1. The van der Waals surface area contributed by atoms with Gasteiger partial charge in [0.25, 0.3) is 0 Å². The van der Waals surface area contributed by atoms with Crippen LogP contribution in [0.2, 0.25) is 0 Å². The van der Waals surface area contributed by atoms with Crippen molar-refractivity contribution in [3.8, 4) is 5.75 Å². The Morgan fingerprint density at radius 1 is 1.28 bits per heavy atom. The Hall–Kier alpha value is -1.92. The Kier molecular flexibility index (Phi) is 5.39. The third-order valence-electron chi connectivity index (χ3n) is 4.73. The maximum atomic E-state index is 12.7. The van der Waals surface area contributed by atoms with Crippen LogP contribution in [0.1, 0.15) is 24.9 Å². The lowest BCUT2D eigenvalue weighted by Gasteiger charge is -2.24. The van der Waals surface area contributed by atoms with Crippen LogP contribution in [0.4, 0.5) is 0 Å². The first-order valence-corrected chi connectivity index (χ1v) is 10.2. The van der Waals surface area contributed by atoms with Crippen LogP contribution in [-0.4, -0.2) is 44.3 Å². The molecule has 2 heterocycles. The Morgan fingerprint density at radius 2 is 2.12 bits per heavy atom. The van der Waals surface area contributed by atoms with Crippen molar-refractivity contribution < 1.29 is 13.2 Å². The van der Waals surface area contributed by atoms with Gasteiger partial charge in [-0.1, -0.05) is 19.1 Å². The third kappa shape index (κ3) is 4.19. The molecule has 6 heteroatoms. The van der Waals surface area contributed by atoms with Crippen molar-refractivity contribution >= 4 is 9.84 Å². The minimum absolute atomic E-state index is 0.101. The zero-order valence-electron chi connectivity index (χ0n) is 14.6. The average molecular weight is 360 g/mol. The topological polar surface area (TPSA) is 59.5 Å². The van der Waals surface area contributed by atoms with E-state index < -0.39 is 9.84 Å². The van der Waals surface area contributed by atoms with Crippen LogP contribution < -0.4 is 4.74 Å². The van der Waals surface area contributed by atoms with Gasteiger partial charge >= 0.3 is 0 Å². The molecule has 0 aliphatic carbocycles. The summed E-state index contributed by atoms with van der Waals surface area (Å²) in [5.41, 5.74) is 1.16. The molecule has 1 fully saturated rings. The van der Waals surface area contributed by atoms with Crippen molar-refractivity contribution in [2.75, 3.05) is 26.0 Å². The van der Waals surface area contributed by atoms with Gasteiger partial charge in [0.1, 0.15) is 5.75 Å². The van der Waals surface area contributed by atoms with Gasteiger partial charge in [-0.2, -0.15) is 0 Å². The van der Waals surface area contributed by atoms with E-state index in [2.05, 4.69) is 22.9 Å². The number of benzene rings is 1. The molecule has 5 nitrogen and oxygen atoms in total. The fourth-order valence-corrected chi connectivity index (χ4v) is 4.74. The lowest BCUT2D eigenvalue weighted by atomic mass is 10.0. The standard InChI is InChI=1S/C19H24N2O3S/c1-15-11-19(16-5-4-8-20-13-16)21(14-15)9-10-25(22,23)18-7-3-6-17(12-18)24-2/h3-8,12-13,15,19H,9-11,14H2,1-2H3/t15-,19-/m1/s1. The highest BCUT2D eigenvalue weighted by Gasteiger charge is 2.31. The summed E-state index contributed by atoms with van der Waals surface area (Å²) in [6.07, 6.45) is 4.68. The van der Waals surface area contributed by atoms with E-state index in [1.54, 1.807) is 30.5 Å². The number of rotatable bonds is 6. The Labute approximate surface area is 149 Å². The fourth-order valence-electron chi connectivity index (χ4n) is 3.45. The number of pyridine rings is 1. The second-order valence-electron chi connectivity index (χ2n) is 6.64. The second kappa shape index (κ2) is 7.54. The molecule has 0 spiro atoms. The molecule has 2 atom stereocenters. The van der Waals surface area contributed by atoms with Crippen LogP contribution in [0.5, 0.6) is 5.75 Å². The van der Waals surface area contributed by atoms with E-state index in [4.69, 9.17) is 4.74 Å². The highest BCUT2D eigenvalue weighted by Crippen LogP contribution is 2.34. The Bertz CT molecular complexity index is 808. The molecule has 3 rings (SSSR count). The van der Waals surface area contributed by atoms with E-state index in [9.17, 15) is 8.42 Å². The fraction of sp³-hybridized carbons (Fsp3) is 0.421. The van der Waals surface area contributed by atoms with E-state index in [-0.39, 0.29) is 11.8 Å². The van der Waals surface area contributed by atoms with Crippen LogP contribution >= 0.6 is 0 Å².